The van der Waals surface area contributed by atoms with Crippen molar-refractivity contribution in [1.82, 2.24) is 0 Å². The number of rotatable bonds is 1. The van der Waals surface area contributed by atoms with Crippen LogP contribution >= 0.6 is 0 Å². The molecule has 0 aliphatic rings. The lowest BCUT2D eigenvalue weighted by Crippen LogP contribution is -2.00. The van der Waals surface area contributed by atoms with Crippen molar-refractivity contribution < 1.29 is 9.90 Å². The summed E-state index contributed by atoms with van der Waals surface area (Å²) in [7, 11) is 0. The Hall–Kier alpha value is -1.82. The van der Waals surface area contributed by atoms with Crippen LogP contribution in [0.5, 0.6) is 0 Å². The summed E-state index contributed by atoms with van der Waals surface area (Å²) in [6, 6.07) is 6.54. The van der Waals surface area contributed by atoms with Crippen LogP contribution in [0.2, 0.25) is 0 Å². The van der Waals surface area contributed by atoms with Crippen LogP contribution in [-0.2, 0) is 0 Å². The third-order valence-corrected chi connectivity index (χ3v) is 1.53. The minimum atomic E-state index is -1.06. The van der Waals surface area contributed by atoms with Gasteiger partial charge in [0, 0.05) is 0 Å². The predicted octanol–water partition coefficient (Wildman–Crippen LogP) is 1.56. The minimum absolute atomic E-state index is 0.0671. The zero-order valence-electron chi connectivity index (χ0n) is 6.53. The van der Waals surface area contributed by atoms with Gasteiger partial charge in [-0.15, -0.1) is 0 Å². The van der Waals surface area contributed by atoms with Crippen molar-refractivity contribution in [3.05, 3.63) is 34.9 Å². The normalized spacial score (nSPS) is 9.00. The minimum Gasteiger partial charge on any atom is -0.478 e. The monoisotopic (exact) mass is 161 g/mol. The number of aryl methyl sites for hydroxylation is 1. The van der Waals surface area contributed by atoms with E-state index >= 15 is 0 Å². The Morgan fingerprint density at radius 3 is 2.75 bits per heavy atom. The number of nitriles is 1. The van der Waals surface area contributed by atoms with Gasteiger partial charge in [-0.3, -0.25) is 0 Å². The first-order valence-corrected chi connectivity index (χ1v) is 3.39. The number of carbonyl (C=O) groups is 1. The molecule has 12 heavy (non-hydrogen) atoms. The number of aromatic carboxylic acids is 1. The maximum atomic E-state index is 10.6. The Morgan fingerprint density at radius 1 is 1.58 bits per heavy atom. The van der Waals surface area contributed by atoms with Crippen molar-refractivity contribution in [2.24, 2.45) is 0 Å². The molecule has 1 N–H and O–H groups in total. The molecule has 0 atom stereocenters. The number of carboxylic acid groups (broad SMARTS) is 1. The molecule has 1 aromatic rings. The molecule has 3 nitrogen and oxygen atoms in total. The second-order valence-corrected chi connectivity index (χ2v) is 2.47. The van der Waals surface area contributed by atoms with E-state index in [0.29, 0.717) is 0 Å². The van der Waals surface area contributed by atoms with E-state index in [0.717, 1.165) is 5.56 Å². The highest BCUT2D eigenvalue weighted by atomic mass is 16.4. The van der Waals surface area contributed by atoms with Gasteiger partial charge in [0.05, 0.1) is 11.1 Å². The molecular formula is C9H7NO2. The second-order valence-electron chi connectivity index (χ2n) is 2.47. The van der Waals surface area contributed by atoms with Crippen LogP contribution in [0.1, 0.15) is 21.5 Å². The molecule has 60 valence electrons. The molecule has 0 unspecified atom stereocenters. The molecule has 0 radical (unpaired) electrons. The van der Waals surface area contributed by atoms with Gasteiger partial charge in [-0.05, 0) is 19.1 Å². The number of carboxylic acids is 1. The van der Waals surface area contributed by atoms with Crippen LogP contribution in [0.15, 0.2) is 18.2 Å². The van der Waals surface area contributed by atoms with Crippen molar-refractivity contribution in [3.63, 3.8) is 0 Å². The SMILES string of the molecule is Cc1ccc(C#N)c(C(=O)O)c1. The van der Waals surface area contributed by atoms with Gasteiger partial charge in [0.2, 0.25) is 0 Å². The number of hydrogen-bond acceptors (Lipinski definition) is 2. The first-order valence-electron chi connectivity index (χ1n) is 3.39. The Labute approximate surface area is 69.9 Å². The van der Waals surface area contributed by atoms with Crippen molar-refractivity contribution in [3.8, 4) is 6.07 Å². The summed E-state index contributed by atoms with van der Waals surface area (Å²) in [6.07, 6.45) is 0. The van der Waals surface area contributed by atoms with Crippen LogP contribution in [0.4, 0.5) is 0 Å². The fourth-order valence-corrected chi connectivity index (χ4v) is 0.933. The molecular weight excluding hydrogens is 154 g/mol. The Kier molecular flexibility index (Phi) is 2.11. The lowest BCUT2D eigenvalue weighted by atomic mass is 10.1. The fraction of sp³-hybridized carbons (Fsp3) is 0.111. The third-order valence-electron chi connectivity index (χ3n) is 1.53. The highest BCUT2D eigenvalue weighted by molar-refractivity contribution is 5.90. The van der Waals surface area contributed by atoms with Gasteiger partial charge in [-0.25, -0.2) is 4.79 Å². The van der Waals surface area contributed by atoms with E-state index in [2.05, 4.69) is 0 Å². The number of benzene rings is 1. The molecule has 0 fully saturated rings. The summed E-state index contributed by atoms with van der Waals surface area (Å²) >= 11 is 0. The van der Waals surface area contributed by atoms with Crippen LogP contribution in [0.25, 0.3) is 0 Å². The van der Waals surface area contributed by atoms with Crippen molar-refractivity contribution in [1.29, 1.82) is 5.26 Å². The van der Waals surface area contributed by atoms with Gasteiger partial charge >= 0.3 is 5.97 Å². The molecule has 0 saturated carbocycles. The second kappa shape index (κ2) is 3.05. The molecule has 0 bridgehead atoms. The smallest absolute Gasteiger partial charge is 0.337 e. The van der Waals surface area contributed by atoms with E-state index in [1.165, 1.54) is 12.1 Å². The van der Waals surface area contributed by atoms with Crippen LogP contribution in [0, 0.1) is 18.3 Å². The molecule has 0 aliphatic heterocycles. The van der Waals surface area contributed by atoms with Gasteiger partial charge in [0.1, 0.15) is 6.07 Å². The average molecular weight is 161 g/mol. The van der Waals surface area contributed by atoms with E-state index in [1.807, 2.05) is 6.07 Å². The van der Waals surface area contributed by atoms with Gasteiger partial charge in [-0.2, -0.15) is 5.26 Å². The van der Waals surface area contributed by atoms with E-state index < -0.39 is 5.97 Å². The molecule has 0 aromatic heterocycles. The molecule has 0 aliphatic carbocycles. The van der Waals surface area contributed by atoms with E-state index in [1.54, 1.807) is 13.0 Å². The molecule has 0 spiro atoms. The first-order chi connectivity index (χ1) is 5.65. The highest BCUT2D eigenvalue weighted by Crippen LogP contribution is 2.10. The lowest BCUT2D eigenvalue weighted by molar-refractivity contribution is 0.0696. The Morgan fingerprint density at radius 2 is 2.25 bits per heavy atom. The zero-order valence-corrected chi connectivity index (χ0v) is 6.53. The topological polar surface area (TPSA) is 61.1 Å². The molecule has 3 heteroatoms. The zero-order chi connectivity index (χ0) is 9.14. The Bertz CT molecular complexity index is 363. The number of nitrogens with zero attached hydrogens (tertiary/aromatic N) is 1. The van der Waals surface area contributed by atoms with Gasteiger partial charge in [0.25, 0.3) is 0 Å². The number of hydrogen-bond donors (Lipinski definition) is 1. The van der Waals surface area contributed by atoms with Crippen LogP contribution < -0.4 is 0 Å². The van der Waals surface area contributed by atoms with Crippen molar-refractivity contribution in [2.45, 2.75) is 6.92 Å². The third kappa shape index (κ3) is 1.43. The van der Waals surface area contributed by atoms with E-state index in [4.69, 9.17) is 10.4 Å². The molecule has 1 rings (SSSR count). The summed E-state index contributed by atoms with van der Waals surface area (Å²) < 4.78 is 0. The molecule has 0 saturated heterocycles. The van der Waals surface area contributed by atoms with Crippen LogP contribution in [-0.4, -0.2) is 11.1 Å². The lowest BCUT2D eigenvalue weighted by Gasteiger charge is -1.98. The average Bonchev–Trinajstić information content (AvgIpc) is 2.04. The van der Waals surface area contributed by atoms with Crippen molar-refractivity contribution in [2.75, 3.05) is 0 Å². The quantitative estimate of drug-likeness (QED) is 0.679. The summed E-state index contributed by atoms with van der Waals surface area (Å²) in [5, 5.41) is 17.2. The molecule has 0 heterocycles. The molecule has 1 aromatic carbocycles. The largest absolute Gasteiger partial charge is 0.478 e. The predicted molar refractivity (Wildman–Crippen MR) is 42.9 cm³/mol. The van der Waals surface area contributed by atoms with Gasteiger partial charge in [0.15, 0.2) is 0 Å². The first kappa shape index (κ1) is 8.28. The summed E-state index contributed by atoms with van der Waals surface area (Å²) in [5.41, 5.74) is 1.11. The maximum absolute atomic E-state index is 10.6. The Balaban J connectivity index is 3.34. The summed E-state index contributed by atoms with van der Waals surface area (Å²) in [4.78, 5) is 10.6. The van der Waals surface area contributed by atoms with Gasteiger partial charge < -0.3 is 5.11 Å². The standard InChI is InChI=1S/C9H7NO2/c1-6-2-3-7(5-10)8(4-6)9(11)12/h2-4H,1H3,(H,11,12). The highest BCUT2D eigenvalue weighted by Gasteiger charge is 2.08. The van der Waals surface area contributed by atoms with E-state index in [9.17, 15) is 4.79 Å². The summed E-state index contributed by atoms with van der Waals surface area (Å²) in [6.45, 7) is 1.79. The van der Waals surface area contributed by atoms with Crippen LogP contribution in [0.3, 0.4) is 0 Å². The van der Waals surface area contributed by atoms with Crippen molar-refractivity contribution >= 4 is 5.97 Å². The van der Waals surface area contributed by atoms with Gasteiger partial charge in [-0.1, -0.05) is 11.6 Å². The fourth-order valence-electron chi connectivity index (χ4n) is 0.933. The summed E-state index contributed by atoms with van der Waals surface area (Å²) in [5.74, 6) is -1.06. The molecule has 0 amide bonds. The van der Waals surface area contributed by atoms with E-state index in [-0.39, 0.29) is 11.1 Å². The maximum Gasteiger partial charge on any atom is 0.337 e.